The van der Waals surface area contributed by atoms with E-state index in [1.807, 2.05) is 36.1 Å². The van der Waals surface area contributed by atoms with E-state index in [1.165, 1.54) is 5.56 Å². The van der Waals surface area contributed by atoms with Crippen molar-refractivity contribution in [1.29, 1.82) is 0 Å². The Bertz CT molecular complexity index is 430. The van der Waals surface area contributed by atoms with Gasteiger partial charge in [-0.25, -0.2) is 0 Å². The molecule has 1 aromatic rings. The maximum absolute atomic E-state index is 12.4. The molecule has 0 aliphatic carbocycles. The van der Waals surface area contributed by atoms with Crippen molar-refractivity contribution in [2.75, 3.05) is 33.2 Å². The number of hydrogen-bond acceptors (Lipinski definition) is 3. The van der Waals surface area contributed by atoms with Crippen molar-refractivity contribution in [2.45, 2.75) is 19.4 Å². The van der Waals surface area contributed by atoms with Crippen molar-refractivity contribution in [1.82, 2.24) is 9.80 Å². The molecule has 1 saturated heterocycles. The zero-order valence-corrected chi connectivity index (χ0v) is 11.8. The van der Waals surface area contributed by atoms with Crippen LogP contribution in [0.4, 0.5) is 0 Å². The predicted octanol–water partition coefficient (Wildman–Crippen LogP) is 1.16. The summed E-state index contributed by atoms with van der Waals surface area (Å²) < 4.78 is 0. The quantitative estimate of drug-likeness (QED) is 0.869. The van der Waals surface area contributed by atoms with Crippen molar-refractivity contribution < 1.29 is 4.79 Å². The van der Waals surface area contributed by atoms with Gasteiger partial charge in [-0.1, -0.05) is 29.8 Å². The van der Waals surface area contributed by atoms with Gasteiger partial charge in [-0.05, 0) is 32.5 Å². The van der Waals surface area contributed by atoms with Crippen molar-refractivity contribution in [3.8, 4) is 0 Å². The monoisotopic (exact) mass is 261 g/mol. The van der Waals surface area contributed by atoms with Gasteiger partial charge < -0.3 is 15.5 Å². The largest absolute Gasteiger partial charge is 0.340 e. The van der Waals surface area contributed by atoms with Crippen LogP contribution in [0.5, 0.6) is 0 Å². The fraction of sp³-hybridized carbons (Fsp3) is 0.533. The first-order valence-electron chi connectivity index (χ1n) is 6.87. The summed E-state index contributed by atoms with van der Waals surface area (Å²) in [5.74, 6) is 0.0409. The molecule has 0 radical (unpaired) electrons. The molecule has 0 spiro atoms. The molecule has 0 saturated carbocycles. The summed E-state index contributed by atoms with van der Waals surface area (Å²) >= 11 is 0. The minimum atomic E-state index is -0.538. The minimum Gasteiger partial charge on any atom is -0.340 e. The lowest BCUT2D eigenvalue weighted by Crippen LogP contribution is -2.40. The highest BCUT2D eigenvalue weighted by Gasteiger charge is 2.23. The smallest absolute Gasteiger partial charge is 0.244 e. The normalized spacial score (nSPS) is 19.0. The molecule has 1 heterocycles. The summed E-state index contributed by atoms with van der Waals surface area (Å²) in [6, 6.07) is 7.35. The summed E-state index contributed by atoms with van der Waals surface area (Å²) in [6.07, 6.45) is 1.02. The summed E-state index contributed by atoms with van der Waals surface area (Å²) in [4.78, 5) is 16.6. The van der Waals surface area contributed by atoms with E-state index in [2.05, 4.69) is 11.9 Å². The third-order valence-corrected chi connectivity index (χ3v) is 3.73. The van der Waals surface area contributed by atoms with Crippen molar-refractivity contribution in [2.24, 2.45) is 5.73 Å². The third kappa shape index (κ3) is 3.55. The second kappa shape index (κ2) is 6.17. The Morgan fingerprint density at radius 3 is 2.53 bits per heavy atom. The van der Waals surface area contributed by atoms with Crippen LogP contribution in [0.2, 0.25) is 0 Å². The minimum absolute atomic E-state index is 0.0409. The molecule has 19 heavy (non-hydrogen) atoms. The summed E-state index contributed by atoms with van der Waals surface area (Å²) in [7, 11) is 2.09. The number of hydrogen-bond donors (Lipinski definition) is 1. The van der Waals surface area contributed by atoms with E-state index in [-0.39, 0.29) is 5.91 Å². The summed E-state index contributed by atoms with van der Waals surface area (Å²) in [5, 5.41) is 0. The van der Waals surface area contributed by atoms with E-state index in [9.17, 15) is 4.79 Å². The molecule has 1 fully saturated rings. The van der Waals surface area contributed by atoms with Gasteiger partial charge in [-0.15, -0.1) is 0 Å². The number of carbonyl (C=O) groups excluding carboxylic acids is 1. The highest BCUT2D eigenvalue weighted by atomic mass is 16.2. The fourth-order valence-electron chi connectivity index (χ4n) is 2.38. The number of carbonyl (C=O) groups is 1. The van der Waals surface area contributed by atoms with Gasteiger partial charge in [0.1, 0.15) is 6.04 Å². The molecule has 1 aliphatic rings. The first-order valence-corrected chi connectivity index (χ1v) is 6.87. The van der Waals surface area contributed by atoms with E-state index in [4.69, 9.17) is 5.73 Å². The molecule has 4 heteroatoms. The SMILES string of the molecule is Cc1ccc(C(N)C(=O)N2CCCN(C)CC2)cc1. The lowest BCUT2D eigenvalue weighted by atomic mass is 10.0. The first kappa shape index (κ1) is 14.0. The Balaban J connectivity index is 2.04. The second-order valence-electron chi connectivity index (χ2n) is 5.37. The van der Waals surface area contributed by atoms with Crippen LogP contribution in [-0.2, 0) is 4.79 Å². The van der Waals surface area contributed by atoms with Crippen LogP contribution in [-0.4, -0.2) is 48.9 Å². The van der Waals surface area contributed by atoms with Gasteiger partial charge in [0, 0.05) is 19.6 Å². The fourth-order valence-corrected chi connectivity index (χ4v) is 2.38. The first-order chi connectivity index (χ1) is 9.08. The lowest BCUT2D eigenvalue weighted by molar-refractivity contribution is -0.132. The van der Waals surface area contributed by atoms with Crippen LogP contribution >= 0.6 is 0 Å². The van der Waals surface area contributed by atoms with Crippen LogP contribution in [0.25, 0.3) is 0 Å². The van der Waals surface area contributed by atoms with Gasteiger partial charge in [0.15, 0.2) is 0 Å². The van der Waals surface area contributed by atoms with Crippen LogP contribution in [0.1, 0.15) is 23.6 Å². The summed E-state index contributed by atoms with van der Waals surface area (Å²) in [6.45, 7) is 5.58. The Morgan fingerprint density at radius 1 is 1.16 bits per heavy atom. The molecule has 2 rings (SSSR count). The van der Waals surface area contributed by atoms with E-state index < -0.39 is 6.04 Å². The molecule has 1 unspecified atom stereocenters. The molecule has 1 aliphatic heterocycles. The average Bonchev–Trinajstić information content (AvgIpc) is 2.63. The third-order valence-electron chi connectivity index (χ3n) is 3.73. The molecule has 1 amide bonds. The van der Waals surface area contributed by atoms with Gasteiger partial charge in [0.05, 0.1) is 0 Å². The molecule has 1 atom stereocenters. The van der Waals surface area contributed by atoms with Crippen molar-refractivity contribution >= 4 is 5.91 Å². The molecule has 0 aromatic heterocycles. The van der Waals surface area contributed by atoms with Gasteiger partial charge in [-0.2, -0.15) is 0 Å². The highest BCUT2D eigenvalue weighted by Crippen LogP contribution is 2.15. The molecule has 2 N–H and O–H groups in total. The average molecular weight is 261 g/mol. The molecule has 1 aromatic carbocycles. The molecule has 4 nitrogen and oxygen atoms in total. The predicted molar refractivity (Wildman–Crippen MR) is 76.8 cm³/mol. The van der Waals surface area contributed by atoms with Gasteiger partial charge in [-0.3, -0.25) is 4.79 Å². The van der Waals surface area contributed by atoms with Crippen molar-refractivity contribution in [3.63, 3.8) is 0 Å². The topological polar surface area (TPSA) is 49.6 Å². The Hall–Kier alpha value is -1.39. The Kier molecular flexibility index (Phi) is 4.56. The number of amides is 1. The molecular weight excluding hydrogens is 238 g/mol. The zero-order chi connectivity index (χ0) is 13.8. The maximum atomic E-state index is 12.4. The number of likely N-dealkylation sites (N-methyl/N-ethyl adjacent to an activating group) is 1. The zero-order valence-electron chi connectivity index (χ0n) is 11.8. The maximum Gasteiger partial charge on any atom is 0.244 e. The number of aryl methyl sites for hydroxylation is 1. The van der Waals surface area contributed by atoms with E-state index in [0.29, 0.717) is 0 Å². The van der Waals surface area contributed by atoms with E-state index in [1.54, 1.807) is 0 Å². The highest BCUT2D eigenvalue weighted by molar-refractivity contribution is 5.83. The van der Waals surface area contributed by atoms with E-state index >= 15 is 0 Å². The van der Waals surface area contributed by atoms with Gasteiger partial charge in [0.2, 0.25) is 5.91 Å². The van der Waals surface area contributed by atoms with Crippen molar-refractivity contribution in [3.05, 3.63) is 35.4 Å². The second-order valence-corrected chi connectivity index (χ2v) is 5.37. The van der Waals surface area contributed by atoms with Gasteiger partial charge in [0.25, 0.3) is 0 Å². The number of nitrogens with two attached hydrogens (primary N) is 1. The molecular formula is C15H23N3O. The molecule has 104 valence electrons. The molecule has 0 bridgehead atoms. The standard InChI is InChI=1S/C15H23N3O/c1-12-4-6-13(7-5-12)14(16)15(19)18-9-3-8-17(2)10-11-18/h4-7,14H,3,8-11,16H2,1-2H3. The number of rotatable bonds is 2. The lowest BCUT2D eigenvalue weighted by Gasteiger charge is -2.24. The Labute approximate surface area is 115 Å². The van der Waals surface area contributed by atoms with Crippen LogP contribution in [0.3, 0.4) is 0 Å². The number of nitrogens with zero attached hydrogens (tertiary/aromatic N) is 2. The van der Waals surface area contributed by atoms with Crippen LogP contribution in [0, 0.1) is 6.92 Å². The Morgan fingerprint density at radius 2 is 1.84 bits per heavy atom. The van der Waals surface area contributed by atoms with Crippen LogP contribution in [0.15, 0.2) is 24.3 Å². The van der Waals surface area contributed by atoms with Crippen LogP contribution < -0.4 is 5.73 Å². The number of benzene rings is 1. The van der Waals surface area contributed by atoms with Gasteiger partial charge >= 0.3 is 0 Å². The van der Waals surface area contributed by atoms with E-state index in [0.717, 1.165) is 38.2 Å². The summed E-state index contributed by atoms with van der Waals surface area (Å²) in [5.41, 5.74) is 8.18.